The topological polar surface area (TPSA) is 59.7 Å². The van der Waals surface area contributed by atoms with Crippen molar-refractivity contribution >= 4 is 5.97 Å². The summed E-state index contributed by atoms with van der Waals surface area (Å²) in [5.74, 6) is -0.380. The van der Waals surface area contributed by atoms with Gasteiger partial charge in [0.25, 0.3) is 0 Å². The first-order valence-corrected chi connectivity index (χ1v) is 7.35. The fraction of sp³-hybridized carbons (Fsp3) is 0.105. The van der Waals surface area contributed by atoms with E-state index in [-0.39, 0.29) is 12.4 Å². The summed E-state index contributed by atoms with van der Waals surface area (Å²) in [6.45, 7) is 0.280. The quantitative estimate of drug-likeness (QED) is 0.616. The zero-order chi connectivity index (χ0) is 15.8. The largest absolute Gasteiger partial charge is 0.489 e. The highest BCUT2D eigenvalue weighted by Gasteiger charge is 2.18. The lowest BCUT2D eigenvalue weighted by Gasteiger charge is -2.07. The summed E-state index contributed by atoms with van der Waals surface area (Å²) in [7, 11) is 0. The SMILES string of the molecule is O=C(O)c1cc(COc2ccc3c(c2)Cc2ccccc2-3)co1. The number of furan rings is 1. The zero-order valence-corrected chi connectivity index (χ0v) is 12.3. The number of ether oxygens (including phenoxy) is 1. The van der Waals surface area contributed by atoms with Gasteiger partial charge in [0, 0.05) is 5.56 Å². The van der Waals surface area contributed by atoms with Crippen LogP contribution in [-0.4, -0.2) is 11.1 Å². The third-order valence-corrected chi connectivity index (χ3v) is 4.04. The normalized spacial score (nSPS) is 11.8. The molecular formula is C19H14O4. The Labute approximate surface area is 132 Å². The number of hydrogen-bond donors (Lipinski definition) is 1. The van der Waals surface area contributed by atoms with Crippen LogP contribution in [0.15, 0.2) is 59.2 Å². The molecule has 0 aliphatic heterocycles. The first-order chi connectivity index (χ1) is 11.2. The van der Waals surface area contributed by atoms with Crippen molar-refractivity contribution < 1.29 is 19.1 Å². The van der Waals surface area contributed by atoms with Crippen LogP contribution in [0.2, 0.25) is 0 Å². The fourth-order valence-corrected chi connectivity index (χ4v) is 2.94. The second kappa shape index (κ2) is 5.32. The van der Waals surface area contributed by atoms with Crippen molar-refractivity contribution in [3.8, 4) is 16.9 Å². The van der Waals surface area contributed by atoms with Gasteiger partial charge >= 0.3 is 5.97 Å². The zero-order valence-electron chi connectivity index (χ0n) is 12.3. The van der Waals surface area contributed by atoms with Crippen molar-refractivity contribution in [1.29, 1.82) is 0 Å². The maximum atomic E-state index is 10.8. The van der Waals surface area contributed by atoms with E-state index in [2.05, 4.69) is 30.3 Å². The highest BCUT2D eigenvalue weighted by molar-refractivity contribution is 5.84. The Hall–Kier alpha value is -3.01. The molecule has 0 saturated heterocycles. The molecule has 4 nitrogen and oxygen atoms in total. The van der Waals surface area contributed by atoms with Gasteiger partial charge in [-0.2, -0.15) is 0 Å². The Morgan fingerprint density at radius 2 is 1.91 bits per heavy atom. The lowest BCUT2D eigenvalue weighted by atomic mass is 10.1. The molecule has 0 saturated carbocycles. The highest BCUT2D eigenvalue weighted by Crippen LogP contribution is 2.38. The van der Waals surface area contributed by atoms with Crippen LogP contribution in [0.1, 0.15) is 27.2 Å². The second-order valence-electron chi connectivity index (χ2n) is 5.57. The maximum Gasteiger partial charge on any atom is 0.371 e. The summed E-state index contributed by atoms with van der Waals surface area (Å²) < 4.78 is 10.7. The monoisotopic (exact) mass is 306 g/mol. The number of benzene rings is 2. The Morgan fingerprint density at radius 1 is 1.09 bits per heavy atom. The molecule has 0 atom stereocenters. The molecule has 1 aromatic heterocycles. The lowest BCUT2D eigenvalue weighted by molar-refractivity contribution is 0.0662. The van der Waals surface area contributed by atoms with Crippen LogP contribution < -0.4 is 4.74 Å². The Balaban J connectivity index is 1.51. The number of carboxylic acid groups (broad SMARTS) is 1. The van der Waals surface area contributed by atoms with E-state index in [1.807, 2.05) is 12.1 Å². The third kappa shape index (κ3) is 2.48. The average Bonchev–Trinajstić information content (AvgIpc) is 3.17. The first-order valence-electron chi connectivity index (χ1n) is 7.35. The van der Waals surface area contributed by atoms with Gasteiger partial charge in [0.2, 0.25) is 5.76 Å². The molecule has 1 heterocycles. The predicted molar refractivity (Wildman–Crippen MR) is 84.7 cm³/mol. The molecule has 0 bridgehead atoms. The molecule has 4 heteroatoms. The van der Waals surface area contributed by atoms with E-state index < -0.39 is 5.97 Å². The summed E-state index contributed by atoms with van der Waals surface area (Å²) in [6.07, 6.45) is 2.32. The van der Waals surface area contributed by atoms with Crippen molar-refractivity contribution in [3.63, 3.8) is 0 Å². The predicted octanol–water partition coefficient (Wildman–Crippen LogP) is 4.13. The Bertz CT molecular complexity index is 892. The summed E-state index contributed by atoms with van der Waals surface area (Å²) in [4.78, 5) is 10.8. The van der Waals surface area contributed by atoms with Gasteiger partial charge in [0.15, 0.2) is 0 Å². The average molecular weight is 306 g/mol. The second-order valence-corrected chi connectivity index (χ2v) is 5.57. The molecular weight excluding hydrogens is 292 g/mol. The van der Waals surface area contributed by atoms with E-state index in [0.29, 0.717) is 5.56 Å². The standard InChI is InChI=1S/C19H14O4/c20-19(21)18-7-12(11-23-18)10-22-15-5-6-17-14(9-15)8-13-3-1-2-4-16(13)17/h1-7,9,11H,8,10H2,(H,20,21). The van der Waals surface area contributed by atoms with E-state index in [9.17, 15) is 4.79 Å². The molecule has 0 spiro atoms. The van der Waals surface area contributed by atoms with E-state index in [4.69, 9.17) is 14.3 Å². The van der Waals surface area contributed by atoms with Crippen molar-refractivity contribution in [3.05, 3.63) is 77.2 Å². The molecule has 4 rings (SSSR count). The molecule has 1 aliphatic carbocycles. The molecule has 1 aliphatic rings. The number of carboxylic acids is 1. The van der Waals surface area contributed by atoms with E-state index in [1.165, 1.54) is 34.6 Å². The number of fused-ring (bicyclic) bond motifs is 3. The van der Waals surface area contributed by atoms with Crippen LogP contribution in [0.25, 0.3) is 11.1 Å². The molecule has 0 radical (unpaired) electrons. The van der Waals surface area contributed by atoms with Gasteiger partial charge < -0.3 is 14.3 Å². The van der Waals surface area contributed by atoms with E-state index in [1.54, 1.807) is 0 Å². The summed E-state index contributed by atoms with van der Waals surface area (Å²) in [5.41, 5.74) is 5.83. The smallest absolute Gasteiger partial charge is 0.371 e. The van der Waals surface area contributed by atoms with Crippen LogP contribution in [0.4, 0.5) is 0 Å². The van der Waals surface area contributed by atoms with Crippen LogP contribution in [0.3, 0.4) is 0 Å². The summed E-state index contributed by atoms with van der Waals surface area (Å²) in [5, 5.41) is 8.84. The molecule has 0 amide bonds. The van der Waals surface area contributed by atoms with Crippen molar-refractivity contribution in [2.24, 2.45) is 0 Å². The maximum absolute atomic E-state index is 10.8. The number of aromatic carboxylic acids is 1. The van der Waals surface area contributed by atoms with E-state index >= 15 is 0 Å². The van der Waals surface area contributed by atoms with Gasteiger partial charge in [-0.1, -0.05) is 30.3 Å². The van der Waals surface area contributed by atoms with Gasteiger partial charge in [-0.05, 0) is 46.9 Å². The molecule has 114 valence electrons. The minimum atomic E-state index is -1.08. The lowest BCUT2D eigenvalue weighted by Crippen LogP contribution is -1.95. The summed E-state index contributed by atoms with van der Waals surface area (Å²) in [6, 6.07) is 15.9. The van der Waals surface area contributed by atoms with Crippen LogP contribution in [0, 0.1) is 0 Å². The van der Waals surface area contributed by atoms with Gasteiger partial charge in [-0.3, -0.25) is 0 Å². The van der Waals surface area contributed by atoms with Crippen molar-refractivity contribution in [1.82, 2.24) is 0 Å². The Kier molecular flexibility index (Phi) is 3.15. The molecule has 1 N–H and O–H groups in total. The van der Waals surface area contributed by atoms with Gasteiger partial charge in [-0.15, -0.1) is 0 Å². The third-order valence-electron chi connectivity index (χ3n) is 4.04. The van der Waals surface area contributed by atoms with Crippen molar-refractivity contribution in [2.75, 3.05) is 0 Å². The Morgan fingerprint density at radius 3 is 2.74 bits per heavy atom. The summed E-state index contributed by atoms with van der Waals surface area (Å²) >= 11 is 0. The number of hydrogen-bond acceptors (Lipinski definition) is 3. The van der Waals surface area contributed by atoms with E-state index in [0.717, 1.165) is 12.2 Å². The molecule has 3 aromatic rings. The minimum absolute atomic E-state index is 0.0759. The van der Waals surface area contributed by atoms with Crippen LogP contribution in [-0.2, 0) is 13.0 Å². The first kappa shape index (κ1) is 13.6. The van der Waals surface area contributed by atoms with Gasteiger partial charge in [-0.25, -0.2) is 4.79 Å². The highest BCUT2D eigenvalue weighted by atomic mass is 16.5. The van der Waals surface area contributed by atoms with Crippen LogP contribution in [0.5, 0.6) is 5.75 Å². The van der Waals surface area contributed by atoms with Gasteiger partial charge in [0.05, 0.1) is 6.26 Å². The number of carbonyl (C=O) groups is 1. The number of rotatable bonds is 4. The minimum Gasteiger partial charge on any atom is -0.489 e. The van der Waals surface area contributed by atoms with Crippen LogP contribution >= 0.6 is 0 Å². The molecule has 2 aromatic carbocycles. The molecule has 0 fully saturated rings. The molecule has 0 unspecified atom stereocenters. The molecule has 23 heavy (non-hydrogen) atoms. The fourth-order valence-electron chi connectivity index (χ4n) is 2.94. The van der Waals surface area contributed by atoms with Gasteiger partial charge in [0.1, 0.15) is 12.4 Å². The van der Waals surface area contributed by atoms with Crippen molar-refractivity contribution in [2.45, 2.75) is 13.0 Å².